The molecule has 1 aliphatic heterocycles. The molecule has 1 aromatic rings. The van der Waals surface area contributed by atoms with Crippen LogP contribution in [0.2, 0.25) is 0 Å². The Morgan fingerprint density at radius 2 is 1.96 bits per heavy atom. The highest BCUT2D eigenvalue weighted by atomic mass is 19.4. The van der Waals surface area contributed by atoms with Crippen LogP contribution in [0.5, 0.6) is 5.75 Å². The summed E-state index contributed by atoms with van der Waals surface area (Å²) in [6.07, 6.45) is -5.05. The summed E-state index contributed by atoms with van der Waals surface area (Å²) in [5, 5.41) is 9.23. The Hall–Kier alpha value is -3.10. The second kappa shape index (κ2) is 8.52. The van der Waals surface area contributed by atoms with Crippen molar-refractivity contribution in [2.24, 2.45) is 4.99 Å². The molecule has 0 spiro atoms. The van der Waals surface area contributed by atoms with Gasteiger partial charge in [-0.3, -0.25) is 0 Å². The molecule has 7 nitrogen and oxygen atoms in total. The van der Waals surface area contributed by atoms with Crippen molar-refractivity contribution in [3.05, 3.63) is 47.4 Å². The van der Waals surface area contributed by atoms with Crippen molar-refractivity contribution in [2.75, 3.05) is 6.61 Å². The zero-order valence-electron chi connectivity index (χ0n) is 13.9. The second-order valence-electron chi connectivity index (χ2n) is 5.14. The molecule has 1 aliphatic rings. The minimum Gasteiger partial charge on any atom is -0.491 e. The molecule has 0 saturated heterocycles. The van der Waals surface area contributed by atoms with Crippen LogP contribution < -0.4 is 4.74 Å². The molecule has 0 bridgehead atoms. The van der Waals surface area contributed by atoms with E-state index >= 15 is 0 Å². The number of alkyl halides is 3. The fourth-order valence-corrected chi connectivity index (χ4v) is 2.20. The zero-order chi connectivity index (χ0) is 20.0. The number of nitrogens with zero attached hydrogens (tertiary/aromatic N) is 1. The highest BCUT2D eigenvalue weighted by Gasteiger charge is 2.34. The lowest BCUT2D eigenvalue weighted by atomic mass is 10.0. The van der Waals surface area contributed by atoms with E-state index in [0.717, 1.165) is 18.3 Å². The van der Waals surface area contributed by atoms with Crippen LogP contribution in [-0.4, -0.2) is 41.8 Å². The van der Waals surface area contributed by atoms with Crippen molar-refractivity contribution in [3.63, 3.8) is 0 Å². The lowest BCUT2D eigenvalue weighted by Crippen LogP contribution is -2.35. The van der Waals surface area contributed by atoms with E-state index in [1.165, 1.54) is 12.1 Å². The minimum absolute atomic E-state index is 0.0384. The molecule has 1 heterocycles. The maximum Gasteiger partial charge on any atom is 0.573 e. The Bertz CT molecular complexity index is 807. The van der Waals surface area contributed by atoms with Crippen LogP contribution >= 0.6 is 0 Å². The number of ether oxygens (including phenoxy) is 3. The van der Waals surface area contributed by atoms with Gasteiger partial charge >= 0.3 is 12.3 Å². The summed E-state index contributed by atoms with van der Waals surface area (Å²) in [7, 11) is 0. The predicted octanol–water partition coefficient (Wildman–Crippen LogP) is 2.65. The molecule has 2 rings (SSSR count). The molecule has 10 heteroatoms. The number of halogens is 3. The third kappa shape index (κ3) is 5.44. The summed E-state index contributed by atoms with van der Waals surface area (Å²) in [5.41, 5.74) is -0.179. The van der Waals surface area contributed by atoms with Gasteiger partial charge in [0.15, 0.2) is 11.5 Å². The maximum atomic E-state index is 12.2. The van der Waals surface area contributed by atoms with Crippen molar-refractivity contribution in [1.82, 2.24) is 0 Å². The number of hydrogen-bond acceptors (Lipinski definition) is 6. The predicted molar refractivity (Wildman–Crippen MR) is 85.7 cm³/mol. The van der Waals surface area contributed by atoms with Crippen LogP contribution in [0.15, 0.2) is 46.8 Å². The van der Waals surface area contributed by atoms with E-state index in [1.54, 1.807) is 12.9 Å². The van der Waals surface area contributed by atoms with Gasteiger partial charge in [0.1, 0.15) is 23.4 Å². The van der Waals surface area contributed by atoms with Gasteiger partial charge in [-0.15, -0.1) is 13.2 Å². The van der Waals surface area contributed by atoms with Gasteiger partial charge in [-0.2, -0.15) is 0 Å². The number of hydrogen-bond donors (Lipinski definition) is 1. The van der Waals surface area contributed by atoms with Crippen LogP contribution in [0.1, 0.15) is 12.5 Å². The van der Waals surface area contributed by atoms with E-state index < -0.39 is 29.9 Å². The normalized spacial score (nSPS) is 16.9. The van der Waals surface area contributed by atoms with Crippen molar-refractivity contribution in [3.8, 4) is 5.75 Å². The molecule has 0 fully saturated rings. The van der Waals surface area contributed by atoms with Crippen molar-refractivity contribution < 1.29 is 42.1 Å². The number of carbonyl (C=O) groups excluding carboxylic acids is 1. The molecule has 1 N–H and O–H groups in total. The SMILES string of the molecule is CCOC1=CN=C(C(=O)O)C(OCc2ccc(OC(F)(F)F)cc2)C1=C=O. The van der Waals surface area contributed by atoms with Crippen molar-refractivity contribution in [2.45, 2.75) is 26.0 Å². The standard InChI is InChI=1S/C17H14F3NO6/c1-2-25-13-7-21-14(16(23)24)15(12(13)8-22)26-9-10-3-5-11(6-4-10)27-17(18,19)20/h3-7,15H,2,9H2,1H3,(H,23,24). The van der Waals surface area contributed by atoms with Gasteiger partial charge < -0.3 is 19.3 Å². The number of aliphatic carboxylic acids is 1. The Morgan fingerprint density at radius 3 is 2.48 bits per heavy atom. The number of carboxylic acid groups (broad SMARTS) is 1. The van der Waals surface area contributed by atoms with Crippen LogP contribution in [0, 0.1) is 0 Å². The lowest BCUT2D eigenvalue weighted by molar-refractivity contribution is -0.274. The Labute approximate surface area is 151 Å². The van der Waals surface area contributed by atoms with E-state index in [4.69, 9.17) is 9.47 Å². The van der Waals surface area contributed by atoms with E-state index in [-0.39, 0.29) is 24.5 Å². The molecule has 144 valence electrons. The molecule has 0 amide bonds. The first-order chi connectivity index (χ1) is 12.7. The van der Waals surface area contributed by atoms with Gasteiger partial charge in [-0.25, -0.2) is 14.6 Å². The first kappa shape index (κ1) is 20.2. The quantitative estimate of drug-likeness (QED) is 0.726. The molecule has 1 aromatic carbocycles. The number of rotatable bonds is 7. The average molecular weight is 385 g/mol. The van der Waals surface area contributed by atoms with Gasteiger partial charge in [-0.05, 0) is 24.6 Å². The summed E-state index contributed by atoms with van der Waals surface area (Å²) in [6, 6.07) is 4.79. The van der Waals surface area contributed by atoms with Gasteiger partial charge in [0.05, 0.1) is 19.4 Å². The van der Waals surface area contributed by atoms with Crippen LogP contribution in [0.25, 0.3) is 0 Å². The molecular weight excluding hydrogens is 371 g/mol. The highest BCUT2D eigenvalue weighted by molar-refractivity contribution is 6.39. The van der Waals surface area contributed by atoms with Crippen LogP contribution in [0.3, 0.4) is 0 Å². The summed E-state index contributed by atoms with van der Waals surface area (Å²) in [6.45, 7) is 1.68. The number of carbonyl (C=O) groups is 1. The molecule has 27 heavy (non-hydrogen) atoms. The Kier molecular flexibility index (Phi) is 6.38. The summed E-state index contributed by atoms with van der Waals surface area (Å²) < 4.78 is 50.9. The average Bonchev–Trinajstić information content (AvgIpc) is 2.59. The monoisotopic (exact) mass is 385 g/mol. The van der Waals surface area contributed by atoms with Crippen LogP contribution in [-0.2, 0) is 25.7 Å². The van der Waals surface area contributed by atoms with Gasteiger partial charge in [0.25, 0.3) is 0 Å². The van der Waals surface area contributed by atoms with Crippen LogP contribution in [0.4, 0.5) is 13.2 Å². The molecular formula is C17H14F3NO6. The largest absolute Gasteiger partial charge is 0.573 e. The first-order valence-corrected chi connectivity index (χ1v) is 7.60. The van der Waals surface area contributed by atoms with Gasteiger partial charge in [0.2, 0.25) is 0 Å². The lowest BCUT2D eigenvalue weighted by Gasteiger charge is -2.23. The Balaban J connectivity index is 2.14. The zero-order valence-corrected chi connectivity index (χ0v) is 13.9. The molecule has 0 saturated carbocycles. The molecule has 1 atom stereocenters. The van der Waals surface area contributed by atoms with Gasteiger partial charge in [0, 0.05) is 0 Å². The molecule has 0 radical (unpaired) electrons. The summed E-state index contributed by atoms with van der Waals surface area (Å²) in [4.78, 5) is 26.3. The van der Waals surface area contributed by atoms with E-state index in [1.807, 2.05) is 0 Å². The van der Waals surface area contributed by atoms with E-state index in [0.29, 0.717) is 5.56 Å². The number of aliphatic imine (C=N–C) groups is 1. The number of carboxylic acids is 1. The summed E-state index contributed by atoms with van der Waals surface area (Å²) >= 11 is 0. The molecule has 0 aliphatic carbocycles. The third-order valence-corrected chi connectivity index (χ3v) is 3.30. The minimum atomic E-state index is -4.81. The topological polar surface area (TPSA) is 94.4 Å². The molecule has 1 unspecified atom stereocenters. The number of benzene rings is 1. The van der Waals surface area contributed by atoms with E-state index in [9.17, 15) is 27.9 Å². The highest BCUT2D eigenvalue weighted by Crippen LogP contribution is 2.25. The fourth-order valence-electron chi connectivity index (χ4n) is 2.20. The maximum absolute atomic E-state index is 12.2. The smallest absolute Gasteiger partial charge is 0.491 e. The van der Waals surface area contributed by atoms with Crippen molar-refractivity contribution >= 4 is 17.6 Å². The fraction of sp³-hybridized carbons (Fsp3) is 0.294. The second-order valence-corrected chi connectivity index (χ2v) is 5.14. The van der Waals surface area contributed by atoms with Gasteiger partial charge in [-0.1, -0.05) is 12.1 Å². The molecule has 0 aromatic heterocycles. The third-order valence-electron chi connectivity index (χ3n) is 3.30. The summed E-state index contributed by atoms with van der Waals surface area (Å²) in [5.74, 6) is -0.163. The first-order valence-electron chi connectivity index (χ1n) is 7.60. The van der Waals surface area contributed by atoms with Crippen molar-refractivity contribution in [1.29, 1.82) is 0 Å². The van der Waals surface area contributed by atoms with E-state index in [2.05, 4.69) is 9.73 Å². The Morgan fingerprint density at radius 1 is 1.30 bits per heavy atom.